The molecule has 2 amide bonds. The summed E-state index contributed by atoms with van der Waals surface area (Å²) in [7, 11) is 0. The molecule has 1 saturated heterocycles. The van der Waals surface area contributed by atoms with Gasteiger partial charge >= 0.3 is 12.4 Å². The van der Waals surface area contributed by atoms with Crippen molar-refractivity contribution in [3.05, 3.63) is 60.9 Å². The zero-order valence-corrected chi connectivity index (χ0v) is 17.3. The van der Waals surface area contributed by atoms with Crippen molar-refractivity contribution in [2.24, 2.45) is 0 Å². The summed E-state index contributed by atoms with van der Waals surface area (Å²) in [5.41, 5.74) is 1.23. The number of nitrogens with zero attached hydrogens (tertiary/aromatic N) is 5. The van der Waals surface area contributed by atoms with Crippen LogP contribution in [0.1, 0.15) is 0 Å². The largest absolute Gasteiger partial charge is 0.573 e. The van der Waals surface area contributed by atoms with Gasteiger partial charge in [-0.15, -0.1) is 23.4 Å². The molecule has 3 aromatic rings. The van der Waals surface area contributed by atoms with Crippen LogP contribution in [-0.2, 0) is 0 Å². The number of piperazine rings is 1. The van der Waals surface area contributed by atoms with Gasteiger partial charge in [-0.1, -0.05) is 0 Å². The highest BCUT2D eigenvalue weighted by Crippen LogP contribution is 2.24. The molecule has 1 fully saturated rings. The lowest BCUT2D eigenvalue weighted by Crippen LogP contribution is -2.50. The van der Waals surface area contributed by atoms with Gasteiger partial charge in [0, 0.05) is 49.9 Å². The molecule has 0 bridgehead atoms. The van der Waals surface area contributed by atoms with E-state index in [9.17, 15) is 18.0 Å². The van der Waals surface area contributed by atoms with Crippen LogP contribution in [0, 0.1) is 0 Å². The first-order chi connectivity index (χ1) is 15.9. The van der Waals surface area contributed by atoms with E-state index in [1.165, 1.54) is 12.1 Å². The van der Waals surface area contributed by atoms with E-state index in [1.807, 2.05) is 29.2 Å². The van der Waals surface area contributed by atoms with Crippen molar-refractivity contribution in [3.63, 3.8) is 0 Å². The summed E-state index contributed by atoms with van der Waals surface area (Å²) in [4.78, 5) is 20.1. The highest BCUT2D eigenvalue weighted by atomic mass is 19.4. The molecule has 4 rings (SSSR count). The maximum Gasteiger partial charge on any atom is 0.573 e. The SMILES string of the molecule is O=C(Nc1ccc(OC(F)(F)F)cc1)N1CCN(c2ccc(Nc3ccncc3)nn2)CC1. The van der Waals surface area contributed by atoms with Crippen molar-refractivity contribution in [2.45, 2.75) is 6.36 Å². The number of amides is 2. The van der Waals surface area contributed by atoms with Crippen LogP contribution in [0.2, 0.25) is 0 Å². The summed E-state index contributed by atoms with van der Waals surface area (Å²) in [5.74, 6) is 0.961. The predicted octanol–water partition coefficient (Wildman–Crippen LogP) is 3.87. The molecule has 3 heterocycles. The quantitative estimate of drug-likeness (QED) is 0.598. The number of rotatable bonds is 5. The van der Waals surface area contributed by atoms with E-state index < -0.39 is 6.36 Å². The standard InChI is InChI=1S/C21H20F3N7O2/c22-21(23,24)33-17-3-1-15(2-4-17)27-20(32)31-13-11-30(12-14-31)19-6-5-18(28-29-19)26-16-7-9-25-10-8-16/h1-10H,11-14H2,(H,27,32)(H,25,26,28). The van der Waals surface area contributed by atoms with Crippen LogP contribution >= 0.6 is 0 Å². The Morgan fingerprint density at radius 2 is 1.58 bits per heavy atom. The molecule has 1 aromatic carbocycles. The first kappa shape index (κ1) is 22.1. The monoisotopic (exact) mass is 459 g/mol. The first-order valence-electron chi connectivity index (χ1n) is 10.0. The van der Waals surface area contributed by atoms with Crippen molar-refractivity contribution in [2.75, 3.05) is 41.7 Å². The van der Waals surface area contributed by atoms with Gasteiger partial charge in [0.1, 0.15) is 5.75 Å². The topological polar surface area (TPSA) is 95.5 Å². The average molecular weight is 459 g/mol. The van der Waals surface area contributed by atoms with E-state index in [1.54, 1.807) is 17.3 Å². The third-order valence-corrected chi connectivity index (χ3v) is 4.83. The molecule has 1 aliphatic heterocycles. The Kier molecular flexibility index (Phi) is 6.43. The number of nitrogens with one attached hydrogen (secondary N) is 2. The number of pyridine rings is 1. The van der Waals surface area contributed by atoms with E-state index in [-0.39, 0.29) is 11.8 Å². The molecule has 0 spiro atoms. The van der Waals surface area contributed by atoms with Gasteiger partial charge in [-0.25, -0.2) is 4.79 Å². The first-order valence-corrected chi connectivity index (χ1v) is 10.0. The smallest absolute Gasteiger partial charge is 0.406 e. The fourth-order valence-electron chi connectivity index (χ4n) is 3.22. The maximum atomic E-state index is 12.5. The number of hydrogen-bond donors (Lipinski definition) is 2. The lowest BCUT2D eigenvalue weighted by atomic mass is 10.3. The lowest BCUT2D eigenvalue weighted by Gasteiger charge is -2.35. The predicted molar refractivity (Wildman–Crippen MR) is 115 cm³/mol. The number of halogens is 3. The summed E-state index contributed by atoms with van der Waals surface area (Å²) in [5, 5.41) is 14.3. The Morgan fingerprint density at radius 3 is 2.18 bits per heavy atom. The normalized spacial score (nSPS) is 14.0. The van der Waals surface area contributed by atoms with E-state index >= 15 is 0 Å². The fraction of sp³-hybridized carbons (Fsp3) is 0.238. The van der Waals surface area contributed by atoms with Crippen LogP contribution in [0.25, 0.3) is 0 Å². The second-order valence-electron chi connectivity index (χ2n) is 7.11. The maximum absolute atomic E-state index is 12.5. The number of ether oxygens (including phenoxy) is 1. The molecular weight excluding hydrogens is 439 g/mol. The Labute approximate surface area is 187 Å². The van der Waals surface area contributed by atoms with Crippen molar-refractivity contribution in [3.8, 4) is 5.75 Å². The fourth-order valence-corrected chi connectivity index (χ4v) is 3.22. The summed E-state index contributed by atoms with van der Waals surface area (Å²) in [6, 6.07) is 12.0. The van der Waals surface area contributed by atoms with Crippen molar-refractivity contribution in [1.29, 1.82) is 0 Å². The van der Waals surface area contributed by atoms with Gasteiger partial charge in [-0.2, -0.15) is 0 Å². The molecule has 0 radical (unpaired) electrons. The summed E-state index contributed by atoms with van der Waals surface area (Å²) in [6.45, 7) is 2.05. The molecule has 0 aliphatic carbocycles. The number of aromatic nitrogens is 3. The number of anilines is 4. The van der Waals surface area contributed by atoms with Gasteiger partial charge in [0.2, 0.25) is 0 Å². The molecule has 0 unspecified atom stereocenters. The Hall–Kier alpha value is -4.09. The number of urea groups is 1. The van der Waals surface area contributed by atoms with Crippen molar-refractivity contribution >= 4 is 29.0 Å². The van der Waals surface area contributed by atoms with Gasteiger partial charge in [0.15, 0.2) is 11.6 Å². The Morgan fingerprint density at radius 1 is 0.879 bits per heavy atom. The van der Waals surface area contributed by atoms with E-state index in [0.29, 0.717) is 43.5 Å². The van der Waals surface area contributed by atoms with Crippen LogP contribution in [0.5, 0.6) is 5.75 Å². The minimum absolute atomic E-state index is 0.331. The number of alkyl halides is 3. The number of hydrogen-bond acceptors (Lipinski definition) is 7. The van der Waals surface area contributed by atoms with E-state index in [0.717, 1.165) is 17.8 Å². The number of carbonyl (C=O) groups is 1. The second-order valence-corrected chi connectivity index (χ2v) is 7.11. The van der Waals surface area contributed by atoms with Crippen LogP contribution < -0.4 is 20.3 Å². The third kappa shape index (κ3) is 6.21. The Bertz CT molecular complexity index is 1060. The lowest BCUT2D eigenvalue weighted by molar-refractivity contribution is -0.274. The van der Waals surface area contributed by atoms with Crippen molar-refractivity contribution < 1.29 is 22.7 Å². The second kappa shape index (κ2) is 9.59. The molecule has 2 aromatic heterocycles. The average Bonchev–Trinajstić information content (AvgIpc) is 2.81. The highest BCUT2D eigenvalue weighted by Gasteiger charge is 2.31. The minimum atomic E-state index is -4.76. The third-order valence-electron chi connectivity index (χ3n) is 4.83. The van der Waals surface area contributed by atoms with Crippen LogP contribution in [0.15, 0.2) is 60.9 Å². The zero-order chi connectivity index (χ0) is 23.3. The van der Waals surface area contributed by atoms with Crippen LogP contribution in [0.4, 0.5) is 41.0 Å². The summed E-state index contributed by atoms with van der Waals surface area (Å²) < 4.78 is 40.5. The minimum Gasteiger partial charge on any atom is -0.406 e. The molecule has 1 aliphatic rings. The molecule has 0 saturated carbocycles. The zero-order valence-electron chi connectivity index (χ0n) is 17.3. The van der Waals surface area contributed by atoms with Gasteiger partial charge in [-0.05, 0) is 48.5 Å². The van der Waals surface area contributed by atoms with E-state index in [2.05, 4.69) is 30.6 Å². The van der Waals surface area contributed by atoms with Crippen LogP contribution in [-0.4, -0.2) is 58.7 Å². The van der Waals surface area contributed by atoms with Crippen molar-refractivity contribution in [1.82, 2.24) is 20.1 Å². The van der Waals surface area contributed by atoms with Crippen LogP contribution in [0.3, 0.4) is 0 Å². The highest BCUT2D eigenvalue weighted by molar-refractivity contribution is 5.89. The summed E-state index contributed by atoms with van der Waals surface area (Å²) in [6.07, 6.45) is -1.40. The number of benzene rings is 1. The van der Waals surface area contributed by atoms with Gasteiger partial charge < -0.3 is 25.2 Å². The summed E-state index contributed by atoms with van der Waals surface area (Å²) >= 11 is 0. The van der Waals surface area contributed by atoms with Gasteiger partial charge in [-0.3, -0.25) is 4.98 Å². The molecule has 2 N–H and O–H groups in total. The Balaban J connectivity index is 1.26. The molecule has 9 nitrogen and oxygen atoms in total. The molecule has 172 valence electrons. The van der Waals surface area contributed by atoms with Gasteiger partial charge in [0.05, 0.1) is 0 Å². The van der Waals surface area contributed by atoms with Gasteiger partial charge in [0.25, 0.3) is 0 Å². The molecular formula is C21H20F3N7O2. The molecule has 0 atom stereocenters. The molecule has 33 heavy (non-hydrogen) atoms. The molecule has 12 heteroatoms. The number of carbonyl (C=O) groups excluding carboxylic acids is 1. The van der Waals surface area contributed by atoms with E-state index in [4.69, 9.17) is 0 Å².